The molecule has 0 saturated carbocycles. The Morgan fingerprint density at radius 2 is 2.19 bits per heavy atom. The van der Waals surface area contributed by atoms with Gasteiger partial charge in [-0.3, -0.25) is 4.98 Å². The van der Waals surface area contributed by atoms with Gasteiger partial charge >= 0.3 is 12.1 Å². The number of rotatable bonds is 1. The Hall–Kier alpha value is -2.10. The van der Waals surface area contributed by atoms with Gasteiger partial charge in [-0.25, -0.2) is 4.79 Å². The van der Waals surface area contributed by atoms with Crippen molar-refractivity contribution in [3.63, 3.8) is 0 Å². The molecule has 0 aliphatic heterocycles. The molecule has 1 aromatic rings. The second-order valence-corrected chi connectivity index (χ2v) is 2.68. The number of nitrogens with zero attached hydrogens (tertiary/aromatic N) is 2. The molecule has 0 amide bonds. The van der Waals surface area contributed by atoms with Crippen molar-refractivity contribution in [1.29, 1.82) is 5.26 Å². The summed E-state index contributed by atoms with van der Waals surface area (Å²) in [5.74, 6) is -1.24. The van der Waals surface area contributed by atoms with E-state index in [2.05, 4.69) is 9.72 Å². The van der Waals surface area contributed by atoms with Crippen LogP contribution in [0.5, 0.6) is 0 Å². The minimum absolute atomic E-state index is 0.422. The molecule has 0 N–H and O–H groups in total. The van der Waals surface area contributed by atoms with Crippen LogP contribution in [0.3, 0.4) is 0 Å². The molecular formula is C9H5F3N2O2. The van der Waals surface area contributed by atoms with Gasteiger partial charge in [0.1, 0.15) is 11.6 Å². The smallest absolute Gasteiger partial charge is 0.434 e. The van der Waals surface area contributed by atoms with E-state index >= 15 is 0 Å². The van der Waals surface area contributed by atoms with Gasteiger partial charge in [0.2, 0.25) is 0 Å². The van der Waals surface area contributed by atoms with Gasteiger partial charge in [0, 0.05) is 6.20 Å². The molecule has 0 fully saturated rings. The van der Waals surface area contributed by atoms with Crippen molar-refractivity contribution in [2.45, 2.75) is 6.18 Å². The number of methoxy groups -OCH3 is 1. The van der Waals surface area contributed by atoms with E-state index in [1.165, 1.54) is 6.07 Å². The number of esters is 1. The molecule has 1 aromatic heterocycles. The maximum absolute atomic E-state index is 12.5. The number of pyridine rings is 1. The molecule has 7 heteroatoms. The molecule has 0 atom stereocenters. The first-order chi connectivity index (χ1) is 7.41. The fraction of sp³-hybridized carbons (Fsp3) is 0.222. The zero-order chi connectivity index (χ0) is 12.3. The van der Waals surface area contributed by atoms with Crippen molar-refractivity contribution in [2.75, 3.05) is 7.11 Å². The summed E-state index contributed by atoms with van der Waals surface area (Å²) in [5.41, 5.74) is -2.70. The van der Waals surface area contributed by atoms with Gasteiger partial charge in [0.05, 0.1) is 12.7 Å². The SMILES string of the molecule is COC(=O)c1c(C#N)ccnc1C(F)(F)F. The molecule has 1 heterocycles. The molecule has 0 aromatic carbocycles. The highest BCUT2D eigenvalue weighted by molar-refractivity contribution is 5.93. The van der Waals surface area contributed by atoms with E-state index < -0.39 is 29.0 Å². The highest BCUT2D eigenvalue weighted by atomic mass is 19.4. The van der Waals surface area contributed by atoms with Crippen LogP contribution < -0.4 is 0 Å². The van der Waals surface area contributed by atoms with E-state index in [4.69, 9.17) is 5.26 Å². The number of ether oxygens (including phenoxy) is 1. The third kappa shape index (κ3) is 2.11. The van der Waals surface area contributed by atoms with Crippen molar-refractivity contribution in [2.24, 2.45) is 0 Å². The monoisotopic (exact) mass is 230 g/mol. The predicted molar refractivity (Wildman–Crippen MR) is 45.3 cm³/mol. The average Bonchev–Trinajstić information content (AvgIpc) is 2.25. The molecule has 0 aliphatic rings. The summed E-state index contributed by atoms with van der Waals surface area (Å²) in [4.78, 5) is 14.2. The fourth-order valence-electron chi connectivity index (χ4n) is 1.08. The van der Waals surface area contributed by atoms with Crippen LogP contribution in [0.2, 0.25) is 0 Å². The van der Waals surface area contributed by atoms with Crippen molar-refractivity contribution in [3.05, 3.63) is 29.1 Å². The van der Waals surface area contributed by atoms with Gasteiger partial charge in [-0.05, 0) is 6.07 Å². The Kier molecular flexibility index (Phi) is 3.13. The van der Waals surface area contributed by atoms with Crippen LogP contribution in [0.25, 0.3) is 0 Å². The number of halogens is 3. The van der Waals surface area contributed by atoms with E-state index in [9.17, 15) is 18.0 Å². The zero-order valence-corrected chi connectivity index (χ0v) is 8.00. The minimum Gasteiger partial charge on any atom is -0.465 e. The van der Waals surface area contributed by atoms with Gasteiger partial charge in [-0.15, -0.1) is 0 Å². The molecule has 0 unspecified atom stereocenters. The fourth-order valence-corrected chi connectivity index (χ4v) is 1.08. The largest absolute Gasteiger partial charge is 0.465 e. The highest BCUT2D eigenvalue weighted by Gasteiger charge is 2.38. The van der Waals surface area contributed by atoms with Gasteiger partial charge in [-0.2, -0.15) is 18.4 Å². The van der Waals surface area contributed by atoms with Gasteiger partial charge in [-0.1, -0.05) is 0 Å². The first-order valence-electron chi connectivity index (χ1n) is 3.96. The molecule has 1 rings (SSSR count). The van der Waals surface area contributed by atoms with Gasteiger partial charge in [0.25, 0.3) is 0 Å². The molecule has 0 spiro atoms. The van der Waals surface area contributed by atoms with Crippen molar-refractivity contribution >= 4 is 5.97 Å². The Balaban J connectivity index is 3.52. The summed E-state index contributed by atoms with van der Waals surface area (Å²) in [6.07, 6.45) is -4.00. The van der Waals surface area contributed by atoms with Gasteiger partial charge in [0.15, 0.2) is 5.69 Å². The Bertz CT molecular complexity index is 463. The maximum Gasteiger partial charge on any atom is 0.434 e. The van der Waals surface area contributed by atoms with Crippen molar-refractivity contribution < 1.29 is 22.7 Å². The van der Waals surface area contributed by atoms with Gasteiger partial charge < -0.3 is 4.74 Å². The molecule has 0 bridgehead atoms. The van der Waals surface area contributed by atoms with Crippen LogP contribution in [-0.4, -0.2) is 18.1 Å². The van der Waals surface area contributed by atoms with Crippen LogP contribution in [0.4, 0.5) is 13.2 Å². The summed E-state index contributed by atoms with van der Waals surface area (Å²) < 4.78 is 41.6. The lowest BCUT2D eigenvalue weighted by atomic mass is 10.1. The minimum atomic E-state index is -4.81. The summed E-state index contributed by atoms with van der Waals surface area (Å²) in [6.45, 7) is 0. The molecule has 0 aliphatic carbocycles. The van der Waals surface area contributed by atoms with Crippen LogP contribution in [0.15, 0.2) is 12.3 Å². The third-order valence-corrected chi connectivity index (χ3v) is 1.73. The van der Waals surface area contributed by atoms with E-state index in [0.717, 1.165) is 19.4 Å². The Morgan fingerprint density at radius 1 is 1.56 bits per heavy atom. The molecule has 16 heavy (non-hydrogen) atoms. The van der Waals surface area contributed by atoms with Crippen molar-refractivity contribution in [1.82, 2.24) is 4.98 Å². The second kappa shape index (κ2) is 4.18. The topological polar surface area (TPSA) is 63.0 Å². The molecule has 0 saturated heterocycles. The summed E-state index contributed by atoms with van der Waals surface area (Å²) in [6, 6.07) is 2.50. The lowest BCUT2D eigenvalue weighted by molar-refractivity contribution is -0.141. The first kappa shape index (κ1) is 12.0. The molecule has 0 radical (unpaired) electrons. The van der Waals surface area contributed by atoms with E-state index in [1.54, 1.807) is 0 Å². The van der Waals surface area contributed by atoms with E-state index in [0.29, 0.717) is 0 Å². The predicted octanol–water partition coefficient (Wildman–Crippen LogP) is 1.76. The number of carbonyl (C=O) groups excluding carboxylic acids is 1. The highest BCUT2D eigenvalue weighted by Crippen LogP contribution is 2.31. The maximum atomic E-state index is 12.5. The lowest BCUT2D eigenvalue weighted by Gasteiger charge is -2.10. The van der Waals surface area contributed by atoms with Crippen molar-refractivity contribution in [3.8, 4) is 6.07 Å². The quantitative estimate of drug-likeness (QED) is 0.689. The number of aromatic nitrogens is 1. The lowest BCUT2D eigenvalue weighted by Crippen LogP contribution is -2.17. The number of carbonyl (C=O) groups is 1. The molecule has 84 valence electrons. The first-order valence-corrected chi connectivity index (χ1v) is 3.96. The van der Waals surface area contributed by atoms with Crippen LogP contribution >= 0.6 is 0 Å². The third-order valence-electron chi connectivity index (χ3n) is 1.73. The van der Waals surface area contributed by atoms with E-state index in [1.807, 2.05) is 0 Å². The molecular weight excluding hydrogens is 225 g/mol. The van der Waals surface area contributed by atoms with E-state index in [-0.39, 0.29) is 0 Å². The standard InChI is InChI=1S/C9H5F3N2O2/c1-16-8(15)6-5(4-13)2-3-14-7(6)9(10,11)12/h2-3H,1H3. The number of nitriles is 1. The summed E-state index contributed by atoms with van der Waals surface area (Å²) >= 11 is 0. The number of hydrogen-bond donors (Lipinski definition) is 0. The Labute approximate surface area is 88.3 Å². The second-order valence-electron chi connectivity index (χ2n) is 2.68. The summed E-state index contributed by atoms with van der Waals surface area (Å²) in [7, 11) is 0.927. The van der Waals surface area contributed by atoms with Crippen LogP contribution in [0.1, 0.15) is 21.6 Å². The summed E-state index contributed by atoms with van der Waals surface area (Å²) in [5, 5.41) is 8.60. The Morgan fingerprint density at radius 3 is 2.62 bits per heavy atom. The number of alkyl halides is 3. The normalized spacial score (nSPS) is 10.7. The van der Waals surface area contributed by atoms with Crippen LogP contribution in [0, 0.1) is 11.3 Å². The number of hydrogen-bond acceptors (Lipinski definition) is 4. The zero-order valence-electron chi connectivity index (χ0n) is 8.00. The molecule has 4 nitrogen and oxygen atoms in total. The average molecular weight is 230 g/mol. The van der Waals surface area contributed by atoms with Crippen LogP contribution in [-0.2, 0) is 10.9 Å².